The molecule has 6 heteroatoms. The van der Waals surface area contributed by atoms with E-state index in [0.717, 1.165) is 18.4 Å². The van der Waals surface area contributed by atoms with Crippen molar-refractivity contribution in [2.24, 2.45) is 0 Å². The molecule has 0 radical (unpaired) electrons. The number of aliphatic hydroxyl groups excluding tert-OH is 1. The lowest BCUT2D eigenvalue weighted by Crippen LogP contribution is -2.38. The van der Waals surface area contributed by atoms with Crippen LogP contribution in [0.2, 0.25) is 0 Å². The lowest BCUT2D eigenvalue weighted by molar-refractivity contribution is 0.187. The highest BCUT2D eigenvalue weighted by Gasteiger charge is 2.16. The molecule has 1 aliphatic carbocycles. The summed E-state index contributed by atoms with van der Waals surface area (Å²) in [6.45, 7) is 2.24. The molecule has 2 rings (SSSR count). The fraction of sp³-hybridized carbons (Fsp3) is 0.600. The van der Waals surface area contributed by atoms with E-state index < -0.39 is 6.10 Å². The van der Waals surface area contributed by atoms with Crippen molar-refractivity contribution < 1.29 is 14.6 Å². The van der Waals surface area contributed by atoms with E-state index in [9.17, 15) is 4.79 Å². The molecule has 0 aromatic carbocycles. The molecule has 6 nitrogen and oxygen atoms in total. The van der Waals surface area contributed by atoms with Gasteiger partial charge in [0.2, 0.25) is 5.88 Å². The summed E-state index contributed by atoms with van der Waals surface area (Å²) in [6, 6.07) is 3.43. The van der Waals surface area contributed by atoms with Crippen LogP contribution in [0.4, 0.5) is 4.79 Å². The first kappa shape index (κ1) is 15.6. The van der Waals surface area contributed by atoms with Crippen LogP contribution in [0.1, 0.15) is 38.2 Å². The molecule has 3 N–H and O–H groups in total. The Morgan fingerprint density at radius 2 is 2.19 bits per heavy atom. The van der Waals surface area contributed by atoms with E-state index >= 15 is 0 Å². The first-order valence-electron chi connectivity index (χ1n) is 7.45. The van der Waals surface area contributed by atoms with Crippen LogP contribution < -0.4 is 15.4 Å². The number of ether oxygens (including phenoxy) is 1. The van der Waals surface area contributed by atoms with Crippen LogP contribution in [0.25, 0.3) is 0 Å². The Balaban J connectivity index is 1.72. The molecule has 116 valence electrons. The van der Waals surface area contributed by atoms with E-state index in [-0.39, 0.29) is 12.6 Å². The number of pyridine rings is 1. The summed E-state index contributed by atoms with van der Waals surface area (Å²) in [5, 5.41) is 14.3. The van der Waals surface area contributed by atoms with E-state index in [2.05, 4.69) is 15.6 Å². The second kappa shape index (κ2) is 7.83. The van der Waals surface area contributed by atoms with Gasteiger partial charge in [0.1, 0.15) is 6.10 Å². The average Bonchev–Trinajstić information content (AvgIpc) is 2.97. The van der Waals surface area contributed by atoms with Crippen LogP contribution in [0.15, 0.2) is 18.3 Å². The molecular weight excluding hydrogens is 270 g/mol. The number of aliphatic hydroxyl groups is 1. The molecule has 1 atom stereocenters. The van der Waals surface area contributed by atoms with Gasteiger partial charge in [-0.25, -0.2) is 9.78 Å². The highest BCUT2D eigenvalue weighted by molar-refractivity contribution is 5.73. The van der Waals surface area contributed by atoms with Gasteiger partial charge < -0.3 is 20.5 Å². The van der Waals surface area contributed by atoms with Crippen LogP contribution in [-0.4, -0.2) is 34.9 Å². The minimum Gasteiger partial charge on any atom is -0.474 e. The van der Waals surface area contributed by atoms with Gasteiger partial charge >= 0.3 is 6.03 Å². The van der Waals surface area contributed by atoms with Gasteiger partial charge in [-0.05, 0) is 38.2 Å². The predicted molar refractivity (Wildman–Crippen MR) is 79.0 cm³/mol. The monoisotopic (exact) mass is 293 g/mol. The summed E-state index contributed by atoms with van der Waals surface area (Å²) in [4.78, 5) is 15.7. The van der Waals surface area contributed by atoms with Crippen LogP contribution in [-0.2, 0) is 6.54 Å². The predicted octanol–water partition coefficient (Wildman–Crippen LogP) is 1.58. The lowest BCUT2D eigenvalue weighted by atomic mass is 10.3. The van der Waals surface area contributed by atoms with Crippen molar-refractivity contribution in [1.29, 1.82) is 0 Å². The van der Waals surface area contributed by atoms with Gasteiger partial charge in [0.25, 0.3) is 0 Å². The topological polar surface area (TPSA) is 83.5 Å². The zero-order valence-electron chi connectivity index (χ0n) is 12.3. The van der Waals surface area contributed by atoms with E-state index in [1.165, 1.54) is 12.8 Å². The van der Waals surface area contributed by atoms with Crippen molar-refractivity contribution in [2.45, 2.75) is 51.4 Å². The maximum Gasteiger partial charge on any atom is 0.315 e. The number of hydrogen-bond acceptors (Lipinski definition) is 4. The fourth-order valence-corrected chi connectivity index (χ4v) is 2.25. The Labute approximate surface area is 124 Å². The number of urea groups is 1. The van der Waals surface area contributed by atoms with Gasteiger partial charge in [-0.15, -0.1) is 0 Å². The zero-order valence-corrected chi connectivity index (χ0v) is 12.3. The second-order valence-electron chi connectivity index (χ2n) is 5.44. The summed E-state index contributed by atoms with van der Waals surface area (Å²) < 4.78 is 5.78. The number of rotatable bonds is 6. The third kappa shape index (κ3) is 5.59. The third-order valence-electron chi connectivity index (χ3n) is 3.40. The number of aromatic nitrogens is 1. The first-order valence-corrected chi connectivity index (χ1v) is 7.45. The summed E-state index contributed by atoms with van der Waals surface area (Å²) in [6.07, 6.45) is 6.13. The Bertz CT molecular complexity index is 442. The number of carbonyl (C=O) groups excluding carboxylic acids is 1. The largest absolute Gasteiger partial charge is 0.474 e. The number of hydrogen-bond donors (Lipinski definition) is 3. The van der Waals surface area contributed by atoms with E-state index in [1.54, 1.807) is 13.1 Å². The van der Waals surface area contributed by atoms with Crippen molar-refractivity contribution in [3.63, 3.8) is 0 Å². The minimum absolute atomic E-state index is 0.234. The van der Waals surface area contributed by atoms with Crippen LogP contribution in [0.5, 0.6) is 5.88 Å². The average molecular weight is 293 g/mol. The van der Waals surface area contributed by atoms with Crippen LogP contribution in [0, 0.1) is 0 Å². The molecule has 0 spiro atoms. The standard InChI is InChI=1S/C15H23N3O3/c1-11(19)8-17-15(20)18-10-12-6-7-14(16-9-12)21-13-4-2-3-5-13/h6-7,9,11,13,19H,2-5,8,10H2,1H3,(H2,17,18,20)/t11-/m0/s1. The summed E-state index contributed by atoms with van der Waals surface area (Å²) in [5.41, 5.74) is 0.904. The molecule has 21 heavy (non-hydrogen) atoms. The fourth-order valence-electron chi connectivity index (χ4n) is 2.25. The Kier molecular flexibility index (Phi) is 5.80. The summed E-state index contributed by atoms with van der Waals surface area (Å²) >= 11 is 0. The van der Waals surface area contributed by atoms with Crippen LogP contribution >= 0.6 is 0 Å². The number of carbonyl (C=O) groups is 1. The summed E-state index contributed by atoms with van der Waals surface area (Å²) in [5.74, 6) is 0.643. The molecule has 2 amide bonds. The molecule has 0 saturated heterocycles. The van der Waals surface area contributed by atoms with Crippen molar-refractivity contribution in [3.8, 4) is 5.88 Å². The quantitative estimate of drug-likeness (QED) is 0.743. The normalized spacial score (nSPS) is 16.5. The lowest BCUT2D eigenvalue weighted by Gasteiger charge is -2.12. The van der Waals surface area contributed by atoms with Gasteiger partial charge in [-0.2, -0.15) is 0 Å². The van der Waals surface area contributed by atoms with Gasteiger partial charge in [-0.1, -0.05) is 6.07 Å². The molecule has 1 aliphatic rings. The molecule has 1 aromatic rings. The van der Waals surface area contributed by atoms with Gasteiger partial charge in [-0.3, -0.25) is 0 Å². The highest BCUT2D eigenvalue weighted by atomic mass is 16.5. The molecular formula is C15H23N3O3. The van der Waals surface area contributed by atoms with Gasteiger partial charge in [0.15, 0.2) is 0 Å². The van der Waals surface area contributed by atoms with Crippen molar-refractivity contribution >= 4 is 6.03 Å². The smallest absolute Gasteiger partial charge is 0.315 e. The molecule has 0 bridgehead atoms. The van der Waals surface area contributed by atoms with E-state index in [1.807, 2.05) is 12.1 Å². The maximum absolute atomic E-state index is 11.4. The molecule has 1 fully saturated rings. The van der Waals surface area contributed by atoms with Crippen molar-refractivity contribution in [3.05, 3.63) is 23.9 Å². The van der Waals surface area contributed by atoms with E-state index in [4.69, 9.17) is 9.84 Å². The Morgan fingerprint density at radius 1 is 1.43 bits per heavy atom. The van der Waals surface area contributed by atoms with Gasteiger partial charge in [0, 0.05) is 25.4 Å². The summed E-state index contributed by atoms with van der Waals surface area (Å²) in [7, 11) is 0. The molecule has 1 aromatic heterocycles. The number of nitrogens with one attached hydrogen (secondary N) is 2. The maximum atomic E-state index is 11.4. The zero-order chi connectivity index (χ0) is 15.1. The SMILES string of the molecule is C[C@H](O)CNC(=O)NCc1ccc(OC2CCCC2)nc1. The minimum atomic E-state index is -0.551. The number of nitrogens with zero attached hydrogens (tertiary/aromatic N) is 1. The molecule has 1 saturated carbocycles. The third-order valence-corrected chi connectivity index (χ3v) is 3.40. The van der Waals surface area contributed by atoms with Crippen molar-refractivity contribution in [1.82, 2.24) is 15.6 Å². The molecule has 1 heterocycles. The highest BCUT2D eigenvalue weighted by Crippen LogP contribution is 2.22. The second-order valence-corrected chi connectivity index (χ2v) is 5.44. The van der Waals surface area contributed by atoms with Crippen molar-refractivity contribution in [2.75, 3.05) is 6.54 Å². The Morgan fingerprint density at radius 3 is 2.81 bits per heavy atom. The first-order chi connectivity index (χ1) is 10.1. The Hall–Kier alpha value is -1.82. The number of amides is 2. The van der Waals surface area contributed by atoms with Gasteiger partial charge in [0.05, 0.1) is 6.10 Å². The van der Waals surface area contributed by atoms with E-state index in [0.29, 0.717) is 18.5 Å². The molecule has 0 unspecified atom stereocenters. The van der Waals surface area contributed by atoms with Crippen LogP contribution in [0.3, 0.4) is 0 Å². The molecule has 0 aliphatic heterocycles.